The summed E-state index contributed by atoms with van der Waals surface area (Å²) in [7, 11) is -3.54. The molecule has 3 aromatic carbocycles. The maximum absolute atomic E-state index is 13.3. The van der Waals surface area contributed by atoms with Crippen molar-refractivity contribution < 1.29 is 13.2 Å². The fraction of sp³-hybridized carbons (Fsp3) is 0.387. The van der Waals surface area contributed by atoms with Gasteiger partial charge < -0.3 is 5.32 Å². The van der Waals surface area contributed by atoms with Crippen molar-refractivity contribution >= 4 is 39.0 Å². The fourth-order valence-electron chi connectivity index (χ4n) is 5.96. The second-order valence-electron chi connectivity index (χ2n) is 11.0. The Kier molecular flexibility index (Phi) is 8.80. The number of nitrogens with zero attached hydrogens (tertiary/aromatic N) is 2. The Morgan fingerprint density at radius 3 is 2.30 bits per heavy atom. The topological polar surface area (TPSA) is 81.8 Å². The summed E-state index contributed by atoms with van der Waals surface area (Å²) >= 11 is 6.42. The van der Waals surface area contributed by atoms with Crippen LogP contribution in [0.4, 0.5) is 16.2 Å². The van der Waals surface area contributed by atoms with Crippen molar-refractivity contribution in [1.29, 1.82) is 0 Å². The first kappa shape index (κ1) is 28.6. The molecule has 0 aliphatic carbocycles. The zero-order chi connectivity index (χ0) is 28.3. The number of fused-ring (bicyclic) bond motifs is 2. The van der Waals surface area contributed by atoms with Crippen molar-refractivity contribution in [2.24, 2.45) is 0 Å². The summed E-state index contributed by atoms with van der Waals surface area (Å²) < 4.78 is 28.9. The fourth-order valence-corrected chi connectivity index (χ4v) is 7.40. The van der Waals surface area contributed by atoms with Crippen LogP contribution < -0.4 is 14.9 Å². The number of nitrogens with one attached hydrogen (secondary N) is 2. The Balaban J connectivity index is 1.21. The lowest BCUT2D eigenvalue weighted by atomic mass is 9.98. The molecule has 2 N–H and O–H groups in total. The lowest BCUT2D eigenvalue weighted by Crippen LogP contribution is -2.51. The Hall–Kier alpha value is -2.91. The molecule has 2 heterocycles. The van der Waals surface area contributed by atoms with Gasteiger partial charge >= 0.3 is 6.03 Å². The van der Waals surface area contributed by atoms with Gasteiger partial charge in [0.15, 0.2) is 0 Å². The van der Waals surface area contributed by atoms with Gasteiger partial charge in [-0.15, -0.1) is 0 Å². The van der Waals surface area contributed by atoms with Crippen LogP contribution in [0.25, 0.3) is 0 Å². The smallest absolute Gasteiger partial charge is 0.308 e. The molecule has 2 saturated heterocycles. The van der Waals surface area contributed by atoms with Gasteiger partial charge in [0.1, 0.15) is 0 Å². The zero-order valence-corrected chi connectivity index (χ0v) is 24.6. The third-order valence-electron chi connectivity index (χ3n) is 8.07. The number of halogens is 1. The minimum Gasteiger partial charge on any atom is -0.308 e. The normalized spacial score (nSPS) is 20.8. The van der Waals surface area contributed by atoms with Crippen LogP contribution in [0.3, 0.4) is 0 Å². The summed E-state index contributed by atoms with van der Waals surface area (Å²) in [4.78, 5) is 17.9. The molecule has 40 heavy (non-hydrogen) atoms. The standard InChI is InChI=1S/C31H37ClN4O3S/c1-22-9-15-29(16-10-22)40(38,39)34-25-19-26-13-14-27(20-25)35(26)17-6-18-36(28-12-11-23(2)30(32)21-28)31(37)33-24-7-4-3-5-8-24/h3-5,7-12,15-16,21,25-27,34H,6,13-14,17-20H2,1-2H3,(H,33,37). The van der Waals surface area contributed by atoms with Crippen LogP contribution in [0.5, 0.6) is 0 Å². The monoisotopic (exact) mass is 580 g/mol. The Bertz CT molecular complexity index is 1420. The van der Waals surface area contributed by atoms with E-state index < -0.39 is 10.0 Å². The van der Waals surface area contributed by atoms with Crippen LogP contribution in [0.2, 0.25) is 5.02 Å². The van der Waals surface area contributed by atoms with Gasteiger partial charge in [0, 0.05) is 47.6 Å². The van der Waals surface area contributed by atoms with E-state index in [1.54, 1.807) is 17.0 Å². The number of benzene rings is 3. The van der Waals surface area contributed by atoms with Crippen LogP contribution in [0, 0.1) is 13.8 Å². The van der Waals surface area contributed by atoms with Gasteiger partial charge in [-0.1, -0.05) is 53.6 Å². The zero-order valence-electron chi connectivity index (χ0n) is 23.0. The first-order valence-electron chi connectivity index (χ1n) is 13.9. The molecule has 0 spiro atoms. The second kappa shape index (κ2) is 12.3. The molecule has 3 aromatic rings. The van der Waals surface area contributed by atoms with E-state index in [4.69, 9.17) is 11.6 Å². The number of hydrogen-bond donors (Lipinski definition) is 2. The third-order valence-corrected chi connectivity index (χ3v) is 10.0. The molecule has 0 saturated carbocycles. The lowest BCUT2D eigenvalue weighted by molar-refractivity contribution is 0.123. The molecular formula is C31H37ClN4O3S. The van der Waals surface area contributed by atoms with Gasteiger partial charge in [-0.05, 0) is 87.9 Å². The van der Waals surface area contributed by atoms with E-state index >= 15 is 0 Å². The van der Waals surface area contributed by atoms with Crippen molar-refractivity contribution in [2.75, 3.05) is 23.3 Å². The molecule has 2 unspecified atom stereocenters. The lowest BCUT2D eigenvalue weighted by Gasteiger charge is -2.39. The number of carbonyl (C=O) groups excluding carboxylic acids is 1. The minimum atomic E-state index is -3.54. The number of aryl methyl sites for hydroxylation is 2. The van der Waals surface area contributed by atoms with Crippen LogP contribution in [0.15, 0.2) is 77.7 Å². The molecular weight excluding hydrogens is 544 g/mol. The molecule has 9 heteroatoms. The third kappa shape index (κ3) is 6.69. The van der Waals surface area contributed by atoms with Gasteiger partial charge in [0.05, 0.1) is 4.90 Å². The van der Waals surface area contributed by atoms with E-state index in [1.807, 2.05) is 74.5 Å². The Morgan fingerprint density at radius 2 is 1.65 bits per heavy atom. The molecule has 2 atom stereocenters. The summed E-state index contributed by atoms with van der Waals surface area (Å²) in [6.45, 7) is 5.28. The molecule has 2 bridgehead atoms. The highest BCUT2D eigenvalue weighted by Gasteiger charge is 2.41. The quantitative estimate of drug-likeness (QED) is 0.309. The maximum Gasteiger partial charge on any atom is 0.326 e. The predicted octanol–water partition coefficient (Wildman–Crippen LogP) is 6.36. The van der Waals surface area contributed by atoms with E-state index in [0.717, 1.165) is 61.2 Å². The number of hydrogen-bond acceptors (Lipinski definition) is 4. The average Bonchev–Trinajstić information content (AvgIpc) is 3.16. The molecule has 0 radical (unpaired) electrons. The number of piperidine rings is 1. The second-order valence-corrected chi connectivity index (χ2v) is 13.1. The van der Waals surface area contributed by atoms with E-state index in [-0.39, 0.29) is 12.1 Å². The van der Waals surface area contributed by atoms with Gasteiger partial charge in [0.25, 0.3) is 0 Å². The predicted molar refractivity (Wildman–Crippen MR) is 162 cm³/mol. The number of para-hydroxylation sites is 1. The first-order valence-corrected chi connectivity index (χ1v) is 15.8. The number of urea groups is 1. The maximum atomic E-state index is 13.3. The highest BCUT2D eigenvalue weighted by atomic mass is 35.5. The molecule has 7 nitrogen and oxygen atoms in total. The highest BCUT2D eigenvalue weighted by Crippen LogP contribution is 2.36. The number of anilines is 2. The van der Waals surface area contributed by atoms with E-state index in [0.29, 0.717) is 28.5 Å². The van der Waals surface area contributed by atoms with E-state index in [1.165, 1.54) is 0 Å². The average molecular weight is 581 g/mol. The van der Waals surface area contributed by atoms with Crippen molar-refractivity contribution in [3.63, 3.8) is 0 Å². The highest BCUT2D eigenvalue weighted by molar-refractivity contribution is 7.89. The van der Waals surface area contributed by atoms with Crippen LogP contribution in [-0.4, -0.2) is 50.6 Å². The Morgan fingerprint density at radius 1 is 0.975 bits per heavy atom. The van der Waals surface area contributed by atoms with Crippen molar-refractivity contribution in [1.82, 2.24) is 9.62 Å². The summed E-state index contributed by atoms with van der Waals surface area (Å²) in [6.07, 6.45) is 4.53. The van der Waals surface area contributed by atoms with Crippen LogP contribution >= 0.6 is 11.6 Å². The molecule has 2 aliphatic rings. The molecule has 212 valence electrons. The summed E-state index contributed by atoms with van der Waals surface area (Å²) in [5, 5.41) is 3.63. The van der Waals surface area contributed by atoms with Crippen molar-refractivity contribution in [2.45, 2.75) is 69.0 Å². The van der Waals surface area contributed by atoms with E-state index in [9.17, 15) is 13.2 Å². The van der Waals surface area contributed by atoms with Gasteiger partial charge in [-0.3, -0.25) is 9.80 Å². The number of carbonyl (C=O) groups is 1. The summed E-state index contributed by atoms with van der Waals surface area (Å²) in [6, 6.07) is 22.6. The largest absolute Gasteiger partial charge is 0.326 e. The molecule has 2 aliphatic heterocycles. The SMILES string of the molecule is Cc1ccc(S(=O)(=O)NC2CC3CCC(C2)N3CCCN(C(=O)Nc2ccccc2)c2ccc(C)c(Cl)c2)cc1. The van der Waals surface area contributed by atoms with Gasteiger partial charge in [-0.25, -0.2) is 17.9 Å². The summed E-state index contributed by atoms with van der Waals surface area (Å²) in [5.41, 5.74) is 3.50. The number of amides is 2. The molecule has 5 rings (SSSR count). The Labute approximate surface area is 242 Å². The first-order chi connectivity index (χ1) is 19.2. The van der Waals surface area contributed by atoms with Crippen molar-refractivity contribution in [3.8, 4) is 0 Å². The molecule has 2 fully saturated rings. The van der Waals surface area contributed by atoms with Gasteiger partial charge in [0.2, 0.25) is 10.0 Å². The van der Waals surface area contributed by atoms with Crippen LogP contribution in [0.1, 0.15) is 43.2 Å². The minimum absolute atomic E-state index is 0.0668. The van der Waals surface area contributed by atoms with Gasteiger partial charge in [-0.2, -0.15) is 0 Å². The molecule has 2 amide bonds. The van der Waals surface area contributed by atoms with Crippen molar-refractivity contribution in [3.05, 3.63) is 88.9 Å². The summed E-state index contributed by atoms with van der Waals surface area (Å²) in [5.74, 6) is 0. The number of rotatable bonds is 9. The van der Waals surface area contributed by atoms with E-state index in [2.05, 4.69) is 14.9 Å². The number of sulfonamides is 1. The molecule has 0 aromatic heterocycles. The van der Waals surface area contributed by atoms with Crippen LogP contribution in [-0.2, 0) is 10.0 Å².